The summed E-state index contributed by atoms with van der Waals surface area (Å²) in [4.78, 5) is 0. The third kappa shape index (κ3) is 11.7. The highest BCUT2D eigenvalue weighted by Gasteiger charge is 2.51. The van der Waals surface area contributed by atoms with Crippen molar-refractivity contribution in [2.24, 2.45) is 58.2 Å². The van der Waals surface area contributed by atoms with Gasteiger partial charge in [0.2, 0.25) is 0 Å². The molecule has 6 N–H and O–H groups in total. The van der Waals surface area contributed by atoms with Crippen molar-refractivity contribution < 1.29 is 30.6 Å². The molecule has 0 unspecified atom stereocenters. The number of allylic oxidation sites excluding steroid dienone is 8. The molecule has 0 aliphatic heterocycles. The second-order valence-electron chi connectivity index (χ2n) is 22.7. The Morgan fingerprint density at radius 2 is 0.919 bits per heavy atom. The topological polar surface area (TPSA) is 121 Å². The Balaban J connectivity index is 0.000000234. The molecule has 0 bridgehead atoms. The van der Waals surface area contributed by atoms with Crippen molar-refractivity contribution in [1.29, 1.82) is 0 Å². The van der Waals surface area contributed by atoms with Crippen molar-refractivity contribution >= 4 is 0 Å². The molecule has 6 rings (SSSR count). The van der Waals surface area contributed by atoms with E-state index < -0.39 is 35.6 Å². The summed E-state index contributed by atoms with van der Waals surface area (Å²) < 4.78 is 0. The minimum atomic E-state index is -0.684. The zero-order chi connectivity index (χ0) is 45.9. The lowest BCUT2D eigenvalue weighted by molar-refractivity contribution is 0.0431. The van der Waals surface area contributed by atoms with Crippen LogP contribution in [0.1, 0.15) is 159 Å². The first kappa shape index (κ1) is 50.7. The van der Waals surface area contributed by atoms with Gasteiger partial charge in [-0.15, -0.1) is 0 Å². The summed E-state index contributed by atoms with van der Waals surface area (Å²) in [6.07, 6.45) is 29.9. The van der Waals surface area contributed by atoms with E-state index in [0.717, 1.165) is 35.1 Å². The van der Waals surface area contributed by atoms with Gasteiger partial charge in [-0.1, -0.05) is 114 Å². The van der Waals surface area contributed by atoms with E-state index in [9.17, 15) is 30.6 Å². The molecular formula is C56H88O6. The summed E-state index contributed by atoms with van der Waals surface area (Å²) in [5.41, 5.74) is 5.86. The minimum absolute atomic E-state index is 0.141. The van der Waals surface area contributed by atoms with E-state index in [4.69, 9.17) is 0 Å². The van der Waals surface area contributed by atoms with Crippen LogP contribution < -0.4 is 0 Å². The monoisotopic (exact) mass is 857 g/mol. The van der Waals surface area contributed by atoms with E-state index >= 15 is 0 Å². The lowest BCUT2D eigenvalue weighted by Gasteiger charge is -2.44. The summed E-state index contributed by atoms with van der Waals surface area (Å²) in [6, 6.07) is 0. The molecule has 0 radical (unpaired) electrons. The molecule has 0 aromatic rings. The van der Waals surface area contributed by atoms with E-state index in [2.05, 4.69) is 103 Å². The van der Waals surface area contributed by atoms with E-state index in [1.807, 2.05) is 27.7 Å². The average Bonchev–Trinajstić information content (AvgIpc) is 3.74. The van der Waals surface area contributed by atoms with Crippen LogP contribution in [0.15, 0.2) is 95.2 Å². The zero-order valence-electron chi connectivity index (χ0n) is 40.5. The summed E-state index contributed by atoms with van der Waals surface area (Å²) >= 11 is 0. The second kappa shape index (κ2) is 20.5. The van der Waals surface area contributed by atoms with Crippen molar-refractivity contribution in [3.05, 3.63) is 95.2 Å². The molecule has 0 aromatic heterocycles. The standard InChI is InChI=1S/2C28H44O3/c2*1-18(9-10-19(2)27(4,5)31)24-13-14-25-21(8-7-15-28(24,25)6)11-12-22-16-23(29)17-26(30)20(22)3/h2*9-12,18-19,23-26,29-31H,3,7-8,13-17H2,1-2,4-6H3/b2*10-9+,21-11+,22-12-/t2*18-,19+,23-,24-,25+,26+,28-/m11/s1. The molecule has 6 aliphatic carbocycles. The van der Waals surface area contributed by atoms with Crippen LogP contribution in [-0.4, -0.2) is 66.3 Å². The molecule has 6 fully saturated rings. The Bertz CT molecular complexity index is 1630. The molecule has 6 aliphatic rings. The SMILES string of the molecule is C=C1/C(=C\C=C2/CCC[C@]3(C)[C@@H]([C@H](C)/C=C/[C@H](C)C(C)(C)O)CC[C@@H]23)C[C@@H](O)C[C@@H]1O.C=C1/C(=C\C=C2/CCC[C@]3(C)[C@@H]([C@H](C)/C=C/[C@H](C)C(C)(C)O)CC[C@@H]23)C[C@@H](O)C[C@@H]1O. The molecule has 0 heterocycles. The van der Waals surface area contributed by atoms with Gasteiger partial charge in [-0.25, -0.2) is 0 Å². The highest BCUT2D eigenvalue weighted by molar-refractivity contribution is 5.40. The van der Waals surface area contributed by atoms with E-state index in [0.29, 0.717) is 72.0 Å². The highest BCUT2D eigenvalue weighted by Crippen LogP contribution is 2.61. The van der Waals surface area contributed by atoms with Gasteiger partial charge in [0.05, 0.1) is 35.6 Å². The summed E-state index contributed by atoms with van der Waals surface area (Å²) in [5, 5.41) is 60.9. The van der Waals surface area contributed by atoms with Crippen molar-refractivity contribution in [1.82, 2.24) is 0 Å². The second-order valence-corrected chi connectivity index (χ2v) is 22.7. The van der Waals surface area contributed by atoms with Gasteiger partial charge in [0.15, 0.2) is 0 Å². The molecule has 0 aromatic carbocycles. The van der Waals surface area contributed by atoms with Crippen LogP contribution in [0.3, 0.4) is 0 Å². The van der Waals surface area contributed by atoms with E-state index in [1.54, 1.807) is 0 Å². The van der Waals surface area contributed by atoms with Gasteiger partial charge in [0, 0.05) is 24.7 Å². The van der Waals surface area contributed by atoms with Gasteiger partial charge in [0.1, 0.15) is 0 Å². The molecule has 6 heteroatoms. The van der Waals surface area contributed by atoms with Gasteiger partial charge in [-0.3, -0.25) is 0 Å². The molecule has 62 heavy (non-hydrogen) atoms. The number of aliphatic hydroxyl groups excluding tert-OH is 4. The first-order valence-electron chi connectivity index (χ1n) is 24.6. The Hall–Kier alpha value is -2.32. The van der Waals surface area contributed by atoms with Crippen molar-refractivity contribution in [3.8, 4) is 0 Å². The molecule has 0 amide bonds. The fraction of sp³-hybridized carbons (Fsp3) is 0.714. The van der Waals surface area contributed by atoms with Crippen molar-refractivity contribution in [3.63, 3.8) is 0 Å². The van der Waals surface area contributed by atoms with E-state index in [-0.39, 0.29) is 11.8 Å². The van der Waals surface area contributed by atoms with Crippen LogP contribution in [0, 0.1) is 58.2 Å². The molecule has 348 valence electrons. The largest absolute Gasteiger partial charge is 0.393 e. The van der Waals surface area contributed by atoms with E-state index in [1.165, 1.54) is 62.5 Å². The number of fused-ring (bicyclic) bond motifs is 2. The van der Waals surface area contributed by atoms with Crippen molar-refractivity contribution in [2.75, 3.05) is 0 Å². The zero-order valence-corrected chi connectivity index (χ0v) is 40.5. The van der Waals surface area contributed by atoms with Gasteiger partial charge in [-0.05, 0) is 173 Å². The predicted octanol–water partition coefficient (Wildman–Crippen LogP) is 11.5. The van der Waals surface area contributed by atoms with Crippen LogP contribution in [0.4, 0.5) is 0 Å². The lowest BCUT2D eigenvalue weighted by atomic mass is 9.61. The first-order chi connectivity index (χ1) is 28.9. The van der Waals surface area contributed by atoms with Gasteiger partial charge >= 0.3 is 0 Å². The molecule has 0 saturated heterocycles. The third-order valence-corrected chi connectivity index (χ3v) is 17.5. The maximum absolute atomic E-state index is 10.3. The summed E-state index contributed by atoms with van der Waals surface area (Å²) in [6.45, 7) is 29.5. The quantitative estimate of drug-likeness (QED) is 0.122. The lowest BCUT2D eigenvalue weighted by Crippen LogP contribution is -2.35. The van der Waals surface area contributed by atoms with Crippen LogP contribution in [0.25, 0.3) is 0 Å². The maximum Gasteiger partial charge on any atom is 0.0811 e. The van der Waals surface area contributed by atoms with Crippen LogP contribution in [0.2, 0.25) is 0 Å². The molecular weight excluding hydrogens is 769 g/mol. The molecule has 0 spiro atoms. The smallest absolute Gasteiger partial charge is 0.0811 e. The normalized spacial score (nSPS) is 39.3. The predicted molar refractivity (Wildman–Crippen MR) is 257 cm³/mol. The Morgan fingerprint density at radius 1 is 0.565 bits per heavy atom. The highest BCUT2D eigenvalue weighted by atomic mass is 16.3. The van der Waals surface area contributed by atoms with Crippen LogP contribution >= 0.6 is 0 Å². The van der Waals surface area contributed by atoms with Crippen molar-refractivity contribution in [2.45, 2.75) is 195 Å². The number of hydrogen-bond donors (Lipinski definition) is 6. The average molecular weight is 857 g/mol. The van der Waals surface area contributed by atoms with Gasteiger partial charge < -0.3 is 30.6 Å². The summed E-state index contributed by atoms with van der Waals surface area (Å²) in [5.74, 6) is 3.82. The van der Waals surface area contributed by atoms with Gasteiger partial charge in [-0.2, -0.15) is 0 Å². The fourth-order valence-corrected chi connectivity index (χ4v) is 12.6. The summed E-state index contributed by atoms with van der Waals surface area (Å²) in [7, 11) is 0. The number of aliphatic hydroxyl groups is 6. The van der Waals surface area contributed by atoms with Crippen LogP contribution in [-0.2, 0) is 0 Å². The number of rotatable bonds is 10. The Kier molecular flexibility index (Phi) is 16.7. The number of hydrogen-bond acceptors (Lipinski definition) is 6. The van der Waals surface area contributed by atoms with Gasteiger partial charge in [0.25, 0.3) is 0 Å². The molecule has 6 saturated carbocycles. The Morgan fingerprint density at radius 3 is 1.26 bits per heavy atom. The minimum Gasteiger partial charge on any atom is -0.393 e. The molecule has 14 atom stereocenters. The maximum atomic E-state index is 10.3. The molecule has 6 nitrogen and oxygen atoms in total. The first-order valence-corrected chi connectivity index (χ1v) is 24.6. The third-order valence-electron chi connectivity index (χ3n) is 17.5. The Labute approximate surface area is 377 Å². The fourth-order valence-electron chi connectivity index (χ4n) is 12.6. The van der Waals surface area contributed by atoms with Crippen LogP contribution in [0.5, 0.6) is 0 Å².